The molecule has 11 N–H and O–H groups in total. The van der Waals surface area contributed by atoms with Crippen molar-refractivity contribution in [2.24, 2.45) is 0 Å². The fourth-order valence-corrected chi connectivity index (χ4v) is 8.36. The van der Waals surface area contributed by atoms with E-state index in [4.69, 9.17) is 4.74 Å². The molecular weight excluding hydrogens is 897 g/mol. The van der Waals surface area contributed by atoms with Crippen LogP contribution in [0, 0.1) is 13.8 Å². The first kappa shape index (κ1) is 55.3. The predicted octanol–water partition coefficient (Wildman–Crippen LogP) is -1.90. The number of nitrogens with one attached hydrogen (secondary N) is 4. The second kappa shape index (κ2) is 28.1. The van der Waals surface area contributed by atoms with Crippen molar-refractivity contribution < 1.29 is 74.9 Å². The number of hydrogen-bond donors (Lipinski definition) is 11. The third-order valence-electron chi connectivity index (χ3n) is 9.62. The van der Waals surface area contributed by atoms with Crippen LogP contribution in [-0.4, -0.2) is 218 Å². The van der Waals surface area contributed by atoms with Crippen molar-refractivity contribution in [3.63, 3.8) is 0 Å². The molecule has 1 saturated heterocycles. The van der Waals surface area contributed by atoms with Gasteiger partial charge in [0.25, 0.3) is 0 Å². The van der Waals surface area contributed by atoms with E-state index in [1.165, 1.54) is 0 Å². The lowest BCUT2D eigenvalue weighted by molar-refractivity contribution is -0.140. The highest BCUT2D eigenvalue weighted by molar-refractivity contribution is 8.19. The van der Waals surface area contributed by atoms with Gasteiger partial charge in [0.2, 0.25) is 23.6 Å². The molecule has 0 saturated carbocycles. The molecule has 1 fully saturated rings. The molecule has 1 aliphatic rings. The minimum absolute atomic E-state index is 0.0527. The largest absolute Gasteiger partial charge is 0.494 e. The summed E-state index contributed by atoms with van der Waals surface area (Å²) in [5.74, 6) is -6.93. The summed E-state index contributed by atoms with van der Waals surface area (Å²) < 4.78 is 77.5. The number of carboxylic acid groups (broad SMARTS) is 2. The lowest BCUT2D eigenvalue weighted by Gasteiger charge is -2.33. The number of carboxylic acids is 2. The Labute approximate surface area is 372 Å². The van der Waals surface area contributed by atoms with Crippen LogP contribution < -0.4 is 26.0 Å². The molecule has 4 amide bonds. The van der Waals surface area contributed by atoms with Crippen LogP contribution in [0.25, 0.3) is 0 Å². The number of carbonyl (C=O) groups is 6. The smallest absolute Gasteiger partial charge is 0.317 e. The first-order valence-corrected chi connectivity index (χ1v) is 24.0. The molecule has 1 heterocycles. The normalized spacial score (nSPS) is 17.5. The van der Waals surface area contributed by atoms with Gasteiger partial charge in [0.15, 0.2) is 22.2 Å². The summed E-state index contributed by atoms with van der Waals surface area (Å²) in [6.07, 6.45) is 0.366. The average Bonchev–Trinajstić information content (AvgIpc) is 3.16. The Bertz CT molecular complexity index is 1730. The first-order valence-electron chi connectivity index (χ1n) is 19.9. The van der Waals surface area contributed by atoms with Crippen molar-refractivity contribution in [1.82, 2.24) is 40.9 Å². The van der Waals surface area contributed by atoms with E-state index in [1.807, 2.05) is 11.8 Å². The highest BCUT2D eigenvalue weighted by Crippen LogP contribution is 2.33. The molecule has 0 aliphatic carbocycles. The maximum absolute atomic E-state index is 13.4. The number of likely N-dealkylation sites (N-methyl/N-ethyl adjacent to an activating group) is 1. The molecule has 0 aromatic heterocycles. The zero-order valence-corrected chi connectivity index (χ0v) is 38.0. The highest BCUT2D eigenvalue weighted by Gasteiger charge is 2.32. The van der Waals surface area contributed by atoms with Gasteiger partial charge in [-0.1, -0.05) is 6.92 Å². The van der Waals surface area contributed by atoms with Gasteiger partial charge in [0, 0.05) is 71.9 Å². The molecule has 0 bridgehead atoms. The lowest BCUT2D eigenvalue weighted by Crippen LogP contribution is -2.58. The minimum Gasteiger partial charge on any atom is -0.494 e. The molecule has 4 atom stereocenters. The van der Waals surface area contributed by atoms with Crippen molar-refractivity contribution in [2.45, 2.75) is 50.6 Å². The number of amides is 4. The number of hydrogen-bond acceptors (Lipinski definition) is 16. The van der Waals surface area contributed by atoms with Gasteiger partial charge in [-0.3, -0.25) is 43.5 Å². The summed E-state index contributed by atoms with van der Waals surface area (Å²) in [5.41, 5.74) is 1.16. The lowest BCUT2D eigenvalue weighted by atomic mass is 10.1. The molecule has 0 radical (unpaired) electrons. The molecule has 2 rings (SSSR count). The zero-order chi connectivity index (χ0) is 47.3. The molecule has 27 heteroatoms. The Kier molecular flexibility index (Phi) is 24.7. The fourth-order valence-electron chi connectivity index (χ4n) is 6.49. The fraction of sp³-hybridized carbons (Fsp3) is 0.667. The third-order valence-corrected chi connectivity index (χ3v) is 12.0. The standard InChI is InChI=1S/C36H62N8O16S3/c1-4-41-9-11-42(13-14-44(22-33(49)50)16-15-43(12-10-41)21-32(47)48)20-31(46)39-29(24-63(57,58)59)36(52)40-28(23-61(53)54)35(51)38-8-7-37-30(45)6-5-17-60-27-18-25(2)34(62(55)56)26(3)19-27/h18-19,28-29,57-59H,4-17,20-24H2,1-3H3,(H,37,45)(H,38,51)(H,39,46)(H,40,52)(H,47,48)(H,49,50)(H,53,54)(H,55,56). The second-order valence-corrected chi connectivity index (χ2v) is 18.2. The quantitative estimate of drug-likeness (QED) is 0.0398. The van der Waals surface area contributed by atoms with Crippen molar-refractivity contribution in [2.75, 3.05) is 110 Å². The van der Waals surface area contributed by atoms with Crippen molar-refractivity contribution in [3.8, 4) is 5.75 Å². The summed E-state index contributed by atoms with van der Waals surface area (Å²) in [4.78, 5) is 82.6. The Morgan fingerprint density at radius 1 is 0.714 bits per heavy atom. The van der Waals surface area contributed by atoms with E-state index < -0.39 is 86.3 Å². The summed E-state index contributed by atoms with van der Waals surface area (Å²) in [5, 5.41) is 28.4. The van der Waals surface area contributed by atoms with Crippen molar-refractivity contribution in [3.05, 3.63) is 23.3 Å². The molecule has 4 unspecified atom stereocenters. The topological polar surface area (TPSA) is 348 Å². The van der Waals surface area contributed by atoms with E-state index in [0.717, 1.165) is 0 Å². The Morgan fingerprint density at radius 3 is 1.67 bits per heavy atom. The Morgan fingerprint density at radius 2 is 1.21 bits per heavy atom. The average molecular weight is 959 g/mol. The van der Waals surface area contributed by atoms with Gasteiger partial charge in [-0.05, 0) is 50.1 Å². The predicted molar refractivity (Wildman–Crippen MR) is 232 cm³/mol. The maximum Gasteiger partial charge on any atom is 0.317 e. The number of benzene rings is 1. The SMILES string of the molecule is CCN1CCN(CC(=O)O)CCN(CC(=O)O)CCN(CC(=O)NC(CS(O)(O)O)C(=O)NC(CS(=O)O)C(=O)NCCNC(=O)CCCOc2cc(C)c(S(=O)O)c(C)c2)CC1. The number of rotatable bonds is 24. The highest BCUT2D eigenvalue weighted by atomic mass is 32.3. The van der Waals surface area contributed by atoms with E-state index in [-0.39, 0.29) is 84.4 Å². The summed E-state index contributed by atoms with van der Waals surface area (Å²) in [6.45, 7) is 7.22. The number of ether oxygens (including phenoxy) is 1. The van der Waals surface area contributed by atoms with Crippen LogP contribution >= 0.6 is 10.9 Å². The van der Waals surface area contributed by atoms with E-state index in [0.29, 0.717) is 54.4 Å². The van der Waals surface area contributed by atoms with Crippen LogP contribution in [0.4, 0.5) is 0 Å². The van der Waals surface area contributed by atoms with Gasteiger partial charge in [-0.15, -0.1) is 0 Å². The monoisotopic (exact) mass is 958 g/mol. The molecule has 63 heavy (non-hydrogen) atoms. The molecular formula is C36H62N8O16S3. The maximum atomic E-state index is 13.4. The summed E-state index contributed by atoms with van der Waals surface area (Å²) >= 11 is -4.78. The van der Waals surface area contributed by atoms with Crippen LogP contribution in [0.1, 0.15) is 30.9 Å². The zero-order valence-electron chi connectivity index (χ0n) is 35.6. The van der Waals surface area contributed by atoms with Crippen LogP contribution in [0.3, 0.4) is 0 Å². The van der Waals surface area contributed by atoms with E-state index >= 15 is 0 Å². The van der Waals surface area contributed by atoms with E-state index in [2.05, 4.69) is 21.3 Å². The van der Waals surface area contributed by atoms with Gasteiger partial charge in [-0.25, -0.2) is 8.42 Å². The van der Waals surface area contributed by atoms with E-state index in [9.17, 15) is 70.2 Å². The number of carbonyl (C=O) groups excluding carboxylic acids is 4. The minimum atomic E-state index is -4.43. The van der Waals surface area contributed by atoms with Crippen molar-refractivity contribution in [1.29, 1.82) is 0 Å². The van der Waals surface area contributed by atoms with Gasteiger partial charge in [0.1, 0.15) is 17.8 Å². The molecule has 1 aromatic rings. The number of nitrogens with zero attached hydrogens (tertiary/aromatic N) is 4. The van der Waals surface area contributed by atoms with E-state index in [1.54, 1.807) is 40.7 Å². The van der Waals surface area contributed by atoms with Crippen LogP contribution in [0.15, 0.2) is 17.0 Å². The molecule has 1 aromatic carbocycles. The Balaban J connectivity index is 2.01. The van der Waals surface area contributed by atoms with Gasteiger partial charge in [-0.2, -0.15) is 0 Å². The van der Waals surface area contributed by atoms with Crippen LogP contribution in [0.5, 0.6) is 5.75 Å². The third kappa shape index (κ3) is 23.1. The van der Waals surface area contributed by atoms with Crippen LogP contribution in [-0.2, 0) is 50.9 Å². The van der Waals surface area contributed by atoms with Gasteiger partial charge in [0.05, 0.1) is 53.5 Å². The molecule has 24 nitrogen and oxygen atoms in total. The number of aliphatic carboxylic acids is 2. The van der Waals surface area contributed by atoms with Gasteiger partial charge < -0.3 is 63.9 Å². The Hall–Kier alpha value is -3.87. The summed E-state index contributed by atoms with van der Waals surface area (Å²) in [7, 11) is -4.43. The molecule has 0 spiro atoms. The molecule has 360 valence electrons. The van der Waals surface area contributed by atoms with Crippen molar-refractivity contribution >= 4 is 68.6 Å². The van der Waals surface area contributed by atoms with Crippen LogP contribution in [0.2, 0.25) is 0 Å². The molecule has 1 aliphatic heterocycles. The number of aryl methyl sites for hydroxylation is 2. The second-order valence-electron chi connectivity index (χ2n) is 14.7. The van der Waals surface area contributed by atoms with Gasteiger partial charge >= 0.3 is 11.9 Å². The summed E-state index contributed by atoms with van der Waals surface area (Å²) in [6, 6.07) is -0.302. The first-order chi connectivity index (χ1) is 29.6.